The molecule has 0 spiro atoms. The molecule has 0 aliphatic carbocycles. The van der Waals surface area contributed by atoms with Gasteiger partial charge in [-0.1, -0.05) is 13.8 Å². The molecule has 0 atom stereocenters. The second-order valence-corrected chi connectivity index (χ2v) is 2.35. The summed E-state index contributed by atoms with van der Waals surface area (Å²) in [5.74, 6) is 0.615. The van der Waals surface area contributed by atoms with Crippen LogP contribution in [0.5, 0.6) is 0 Å². The van der Waals surface area contributed by atoms with Gasteiger partial charge < -0.3 is 10.0 Å². The van der Waals surface area contributed by atoms with Gasteiger partial charge in [-0.25, -0.2) is 9.97 Å². The Morgan fingerprint density at radius 1 is 1.27 bits per heavy atom. The fourth-order valence-electron chi connectivity index (χ4n) is 0.536. The summed E-state index contributed by atoms with van der Waals surface area (Å²) in [7, 11) is -1.47. The largest absolute Gasteiger partial charge is 0.491 e. The molecule has 0 unspecified atom stereocenters. The monoisotopic (exact) mass is 208 g/mol. The van der Waals surface area contributed by atoms with Crippen molar-refractivity contribution >= 4 is 26.0 Å². The third-order valence-corrected chi connectivity index (χ3v) is 1.10. The van der Waals surface area contributed by atoms with Crippen molar-refractivity contribution in [1.82, 2.24) is 9.97 Å². The quantitative estimate of drug-likeness (QED) is 0.619. The van der Waals surface area contributed by atoms with Crippen LogP contribution in [0.4, 0.5) is 0 Å². The molecule has 0 saturated heterocycles. The van der Waals surface area contributed by atoms with E-state index in [1.165, 1.54) is 12.4 Å². The van der Waals surface area contributed by atoms with Crippen LogP contribution < -0.4 is 5.46 Å². The number of hydrogen-bond donors (Lipinski definition) is 2. The molecule has 82 valence electrons. The van der Waals surface area contributed by atoms with Crippen LogP contribution in [0.3, 0.4) is 0 Å². The van der Waals surface area contributed by atoms with E-state index in [-0.39, 0.29) is 0 Å². The normalized spacial score (nSPS) is 7.33. The van der Waals surface area contributed by atoms with Crippen molar-refractivity contribution in [3.63, 3.8) is 0 Å². The Bertz CT molecular complexity index is 253. The van der Waals surface area contributed by atoms with E-state index in [4.69, 9.17) is 10.0 Å². The van der Waals surface area contributed by atoms with Crippen molar-refractivity contribution in [2.45, 2.75) is 27.6 Å². The molecule has 1 aromatic rings. The second kappa shape index (κ2) is 11.1. The average Bonchev–Trinajstić information content (AvgIpc) is 2.22. The van der Waals surface area contributed by atoms with Crippen LogP contribution >= 0.6 is 0 Å². The summed E-state index contributed by atoms with van der Waals surface area (Å²) in [4.78, 5) is 7.54. The van der Waals surface area contributed by atoms with Crippen LogP contribution in [0.1, 0.15) is 19.7 Å². The third-order valence-electron chi connectivity index (χ3n) is 1.10. The average molecular weight is 208 g/mol. The zero-order chi connectivity index (χ0) is 12.3. The van der Waals surface area contributed by atoms with Crippen molar-refractivity contribution in [3.05, 3.63) is 18.2 Å². The molecule has 15 heavy (non-hydrogen) atoms. The van der Waals surface area contributed by atoms with E-state index in [0.717, 1.165) is 0 Å². The van der Waals surface area contributed by atoms with Gasteiger partial charge in [0.1, 0.15) is 5.82 Å². The Kier molecular flexibility index (Phi) is 12.1. The molecular weight excluding hydrogens is 190 g/mol. The Balaban J connectivity index is 0. The van der Waals surface area contributed by atoms with E-state index in [9.17, 15) is 0 Å². The van der Waals surface area contributed by atoms with Crippen molar-refractivity contribution in [3.8, 4) is 0 Å². The SMILES string of the molecule is C=BC.CC.Cc1ncc(B(O)O)cn1. The van der Waals surface area contributed by atoms with Crippen molar-refractivity contribution in [2.24, 2.45) is 0 Å². The Morgan fingerprint density at radius 3 is 1.87 bits per heavy atom. The van der Waals surface area contributed by atoms with E-state index in [1.54, 1.807) is 13.8 Å². The molecule has 0 saturated carbocycles. The summed E-state index contributed by atoms with van der Waals surface area (Å²) in [6.45, 7) is 12.7. The molecule has 0 radical (unpaired) electrons. The van der Waals surface area contributed by atoms with E-state index in [1.807, 2.05) is 20.7 Å². The van der Waals surface area contributed by atoms with E-state index < -0.39 is 7.12 Å². The van der Waals surface area contributed by atoms with Gasteiger partial charge >= 0.3 is 27.3 Å². The van der Waals surface area contributed by atoms with E-state index >= 15 is 0 Å². The molecular formula is C9H18B2N2O2. The molecule has 0 fully saturated rings. The number of nitrogens with zero attached hydrogens (tertiary/aromatic N) is 2. The molecule has 0 bridgehead atoms. The predicted octanol–water partition coefficient (Wildman–Crippen LogP) is -0.338. The molecule has 1 heterocycles. The first-order chi connectivity index (χ1) is 7.11. The molecule has 1 rings (SSSR count). The van der Waals surface area contributed by atoms with Crippen LogP contribution in [-0.4, -0.2) is 40.5 Å². The second-order valence-electron chi connectivity index (χ2n) is 2.35. The van der Waals surface area contributed by atoms with Gasteiger partial charge in [-0.3, -0.25) is 0 Å². The minimum Gasteiger partial charge on any atom is -0.423 e. The molecule has 6 heteroatoms. The first kappa shape index (κ1) is 16.4. The maximum atomic E-state index is 8.59. The zero-order valence-electron chi connectivity index (χ0n) is 9.81. The van der Waals surface area contributed by atoms with Gasteiger partial charge in [-0.15, -0.1) is 0 Å². The number of aromatic nitrogens is 2. The number of aryl methyl sites for hydroxylation is 1. The van der Waals surface area contributed by atoms with Crippen molar-refractivity contribution in [2.75, 3.05) is 0 Å². The topological polar surface area (TPSA) is 66.2 Å². The minimum atomic E-state index is -1.47. The van der Waals surface area contributed by atoms with Gasteiger partial charge in [0.05, 0.1) is 0 Å². The van der Waals surface area contributed by atoms with Crippen molar-refractivity contribution in [1.29, 1.82) is 0 Å². The first-order valence-corrected chi connectivity index (χ1v) is 4.83. The minimum absolute atomic E-state index is 0.311. The van der Waals surface area contributed by atoms with Gasteiger partial charge in [-0.2, -0.15) is 0 Å². The number of rotatable bonds is 1. The molecule has 0 aromatic carbocycles. The molecule has 0 aliphatic heterocycles. The Morgan fingerprint density at radius 2 is 1.60 bits per heavy atom. The van der Waals surface area contributed by atoms with Gasteiger partial charge in [0.15, 0.2) is 0 Å². The van der Waals surface area contributed by atoms with Crippen LogP contribution in [0.25, 0.3) is 0 Å². The van der Waals surface area contributed by atoms with Gasteiger partial charge in [0, 0.05) is 17.9 Å². The predicted molar refractivity (Wildman–Crippen MR) is 66.7 cm³/mol. The number of hydrogen-bond acceptors (Lipinski definition) is 4. The molecule has 1 aromatic heterocycles. The molecule has 4 nitrogen and oxygen atoms in total. The summed E-state index contributed by atoms with van der Waals surface area (Å²) < 4.78 is 0. The van der Waals surface area contributed by atoms with E-state index in [0.29, 0.717) is 11.3 Å². The summed E-state index contributed by atoms with van der Waals surface area (Å²) in [5, 5.41) is 17.2. The standard InChI is InChI=1S/C5H7BN2O2.C2H5B.C2H6/c1-4-7-2-5(3-8-4)6(9)10;1-3-2;1-2/h2-3,9-10H,1H3;1H2,2H3;1-2H3. The maximum Gasteiger partial charge on any atom is 0.491 e. The zero-order valence-corrected chi connectivity index (χ0v) is 9.81. The molecule has 0 amide bonds. The summed E-state index contributed by atoms with van der Waals surface area (Å²) in [6.07, 6.45) is 2.76. The van der Waals surface area contributed by atoms with Crippen molar-refractivity contribution < 1.29 is 10.0 Å². The van der Waals surface area contributed by atoms with Crippen LogP contribution in [0, 0.1) is 6.92 Å². The third kappa shape index (κ3) is 9.31. The summed E-state index contributed by atoms with van der Waals surface area (Å²) >= 11 is 0. The van der Waals surface area contributed by atoms with Crippen LogP contribution in [-0.2, 0) is 0 Å². The van der Waals surface area contributed by atoms with Gasteiger partial charge in [0.25, 0.3) is 0 Å². The van der Waals surface area contributed by atoms with Crippen LogP contribution in [0.15, 0.2) is 12.4 Å². The Hall–Kier alpha value is -1.00. The fourth-order valence-corrected chi connectivity index (χ4v) is 0.536. The fraction of sp³-hybridized carbons (Fsp3) is 0.444. The van der Waals surface area contributed by atoms with E-state index in [2.05, 4.69) is 16.4 Å². The smallest absolute Gasteiger partial charge is 0.423 e. The Labute approximate surface area is 92.5 Å². The summed E-state index contributed by atoms with van der Waals surface area (Å²) in [5.41, 5.74) is 0.311. The van der Waals surface area contributed by atoms with Crippen LogP contribution in [0.2, 0.25) is 6.82 Å². The molecule has 0 aliphatic rings. The maximum absolute atomic E-state index is 8.59. The van der Waals surface area contributed by atoms with Gasteiger partial charge in [0.2, 0.25) is 0 Å². The van der Waals surface area contributed by atoms with Gasteiger partial charge in [-0.05, 0) is 6.92 Å². The first-order valence-electron chi connectivity index (χ1n) is 4.83. The summed E-state index contributed by atoms with van der Waals surface area (Å²) in [6, 6.07) is 0. The molecule has 2 N–H and O–H groups in total.